The molecule has 3 rings (SSSR count). The van der Waals surface area contributed by atoms with Crippen LogP contribution in [0.25, 0.3) is 0 Å². The molecule has 2 N–H and O–H groups in total. The summed E-state index contributed by atoms with van der Waals surface area (Å²) in [6, 6.07) is 3.34. The van der Waals surface area contributed by atoms with Gasteiger partial charge in [-0.15, -0.1) is 0 Å². The number of H-pyrrole nitrogens is 1. The second-order valence-corrected chi connectivity index (χ2v) is 6.96. The van der Waals surface area contributed by atoms with Gasteiger partial charge in [0.25, 0.3) is 11.8 Å². The molecule has 158 valence electrons. The fourth-order valence-electron chi connectivity index (χ4n) is 3.55. The molecule has 0 saturated carbocycles. The van der Waals surface area contributed by atoms with Gasteiger partial charge in [0.15, 0.2) is 0 Å². The number of ether oxygens (including phenoxy) is 1. The van der Waals surface area contributed by atoms with Crippen molar-refractivity contribution in [3.05, 3.63) is 52.3 Å². The minimum atomic E-state index is -1.07. The van der Waals surface area contributed by atoms with Crippen molar-refractivity contribution in [1.29, 1.82) is 5.26 Å². The summed E-state index contributed by atoms with van der Waals surface area (Å²) in [6.45, 7) is 1.22. The Hall–Kier alpha value is -3.32. The Morgan fingerprint density at radius 1 is 1.40 bits per heavy atom. The summed E-state index contributed by atoms with van der Waals surface area (Å²) < 4.78 is 33.5. The van der Waals surface area contributed by atoms with Crippen molar-refractivity contribution >= 4 is 11.8 Å². The van der Waals surface area contributed by atoms with E-state index in [0.717, 1.165) is 12.1 Å². The van der Waals surface area contributed by atoms with Crippen LogP contribution in [0.15, 0.2) is 18.3 Å². The van der Waals surface area contributed by atoms with E-state index in [2.05, 4.69) is 15.5 Å². The molecule has 1 aromatic heterocycles. The van der Waals surface area contributed by atoms with Gasteiger partial charge in [0.1, 0.15) is 17.2 Å². The van der Waals surface area contributed by atoms with E-state index in [1.54, 1.807) is 6.07 Å². The van der Waals surface area contributed by atoms with Crippen molar-refractivity contribution in [1.82, 2.24) is 20.4 Å². The molecule has 1 fully saturated rings. The Balaban J connectivity index is 1.77. The molecule has 1 aromatic carbocycles. The van der Waals surface area contributed by atoms with E-state index in [-0.39, 0.29) is 23.9 Å². The second-order valence-electron chi connectivity index (χ2n) is 6.96. The van der Waals surface area contributed by atoms with Gasteiger partial charge in [-0.25, -0.2) is 8.78 Å². The highest BCUT2D eigenvalue weighted by molar-refractivity contribution is 5.96. The number of likely N-dealkylation sites (tertiary alicyclic amines) is 1. The Morgan fingerprint density at radius 2 is 2.13 bits per heavy atom. The van der Waals surface area contributed by atoms with Crippen LogP contribution >= 0.6 is 0 Å². The molecule has 0 radical (unpaired) electrons. The maximum absolute atomic E-state index is 14.3. The Labute approximate surface area is 171 Å². The maximum atomic E-state index is 14.3. The summed E-state index contributed by atoms with van der Waals surface area (Å²) in [4.78, 5) is 26.5. The number of hydrogen-bond acceptors (Lipinski definition) is 5. The number of hydrogen-bond donors (Lipinski definition) is 2. The molecular weight excluding hydrogens is 396 g/mol. The highest BCUT2D eigenvalue weighted by atomic mass is 19.1. The zero-order valence-corrected chi connectivity index (χ0v) is 16.4. The van der Waals surface area contributed by atoms with Crippen LogP contribution in [-0.2, 0) is 4.74 Å². The molecule has 0 bridgehead atoms. The summed E-state index contributed by atoms with van der Waals surface area (Å²) in [6.07, 6.45) is 2.69. The number of carbonyl (C=O) groups is 2. The first-order valence-electron chi connectivity index (χ1n) is 9.45. The zero-order chi connectivity index (χ0) is 21.7. The van der Waals surface area contributed by atoms with Crippen LogP contribution in [-0.4, -0.2) is 60.3 Å². The number of nitrogens with one attached hydrogen (secondary N) is 2. The van der Waals surface area contributed by atoms with E-state index in [1.807, 2.05) is 0 Å². The van der Waals surface area contributed by atoms with Crippen LogP contribution in [0, 0.1) is 23.0 Å². The molecule has 10 heteroatoms. The van der Waals surface area contributed by atoms with Crippen molar-refractivity contribution in [3.63, 3.8) is 0 Å². The van der Waals surface area contributed by atoms with E-state index < -0.39 is 23.1 Å². The lowest BCUT2D eigenvalue weighted by molar-refractivity contribution is 0.0695. The molecule has 1 saturated heterocycles. The third kappa shape index (κ3) is 4.46. The number of aromatic amines is 1. The molecule has 1 aliphatic rings. The van der Waals surface area contributed by atoms with E-state index in [0.29, 0.717) is 43.8 Å². The normalized spacial score (nSPS) is 16.2. The van der Waals surface area contributed by atoms with Crippen LogP contribution in [0.3, 0.4) is 0 Å². The number of nitrogens with zero attached hydrogens (tertiary/aromatic N) is 3. The quantitative estimate of drug-likeness (QED) is 0.698. The van der Waals surface area contributed by atoms with Crippen LogP contribution in [0.1, 0.15) is 50.7 Å². The lowest BCUT2D eigenvalue weighted by Crippen LogP contribution is -2.40. The molecule has 2 amide bonds. The Bertz CT molecular complexity index is 962. The monoisotopic (exact) mass is 417 g/mol. The molecule has 1 aliphatic heterocycles. The number of piperidine rings is 1. The fraction of sp³-hybridized carbons (Fsp3) is 0.400. The number of halogens is 2. The number of methoxy groups -OCH3 is 1. The van der Waals surface area contributed by atoms with Crippen LogP contribution in [0.4, 0.5) is 8.78 Å². The summed E-state index contributed by atoms with van der Waals surface area (Å²) in [5.41, 5.74) is 0.0563. The second kappa shape index (κ2) is 9.45. The van der Waals surface area contributed by atoms with Crippen LogP contribution in [0.5, 0.6) is 0 Å². The highest BCUT2D eigenvalue weighted by Crippen LogP contribution is 2.29. The van der Waals surface area contributed by atoms with Crippen molar-refractivity contribution < 1.29 is 23.1 Å². The lowest BCUT2D eigenvalue weighted by atomic mass is 9.92. The SMILES string of the molecule is COCCNC(=O)c1cn[nH]c1C1CCCN(C(=O)c2c(F)cc(C#N)cc2F)C1. The standard InChI is InChI=1S/C20H21F2N5O3/c1-30-6-4-24-19(28)14-10-25-26-18(14)13-3-2-5-27(11-13)20(29)17-15(21)7-12(9-23)8-16(17)22/h7-8,10,13H,2-6,11H2,1H3,(H,24,28)(H,25,26). The minimum Gasteiger partial charge on any atom is -0.383 e. The zero-order valence-electron chi connectivity index (χ0n) is 16.4. The van der Waals surface area contributed by atoms with E-state index in [1.165, 1.54) is 18.2 Å². The number of benzene rings is 1. The number of amides is 2. The van der Waals surface area contributed by atoms with Gasteiger partial charge in [0.05, 0.1) is 35.7 Å². The largest absolute Gasteiger partial charge is 0.383 e. The first-order valence-corrected chi connectivity index (χ1v) is 9.45. The fourth-order valence-corrected chi connectivity index (χ4v) is 3.55. The van der Waals surface area contributed by atoms with Gasteiger partial charge < -0.3 is 15.0 Å². The first kappa shape index (κ1) is 21.4. The third-order valence-electron chi connectivity index (χ3n) is 5.01. The lowest BCUT2D eigenvalue weighted by Gasteiger charge is -2.32. The predicted octanol–water partition coefficient (Wildman–Crippen LogP) is 1.96. The molecular formula is C20H21F2N5O3. The average Bonchev–Trinajstić information content (AvgIpc) is 3.23. The third-order valence-corrected chi connectivity index (χ3v) is 5.01. The molecule has 30 heavy (non-hydrogen) atoms. The summed E-state index contributed by atoms with van der Waals surface area (Å²) in [5.74, 6) is -3.48. The van der Waals surface area contributed by atoms with Crippen molar-refractivity contribution in [2.24, 2.45) is 0 Å². The molecule has 1 atom stereocenters. The predicted molar refractivity (Wildman–Crippen MR) is 102 cm³/mol. The molecule has 2 heterocycles. The van der Waals surface area contributed by atoms with Gasteiger partial charge in [0.2, 0.25) is 0 Å². The average molecular weight is 417 g/mol. The van der Waals surface area contributed by atoms with Gasteiger partial charge in [-0.05, 0) is 25.0 Å². The topological polar surface area (TPSA) is 111 Å². The van der Waals surface area contributed by atoms with E-state index >= 15 is 0 Å². The first-order chi connectivity index (χ1) is 14.5. The smallest absolute Gasteiger partial charge is 0.259 e. The molecule has 0 aliphatic carbocycles. The molecule has 1 unspecified atom stereocenters. The van der Waals surface area contributed by atoms with Gasteiger partial charge in [-0.1, -0.05) is 0 Å². The van der Waals surface area contributed by atoms with Crippen molar-refractivity contribution in [3.8, 4) is 6.07 Å². The maximum Gasteiger partial charge on any atom is 0.259 e. The molecule has 8 nitrogen and oxygen atoms in total. The number of rotatable bonds is 6. The summed E-state index contributed by atoms with van der Waals surface area (Å²) in [7, 11) is 1.53. The van der Waals surface area contributed by atoms with Gasteiger partial charge in [-0.2, -0.15) is 10.4 Å². The van der Waals surface area contributed by atoms with Crippen LogP contribution < -0.4 is 5.32 Å². The summed E-state index contributed by atoms with van der Waals surface area (Å²) in [5, 5.41) is 18.3. The van der Waals surface area contributed by atoms with E-state index in [9.17, 15) is 18.4 Å². The Morgan fingerprint density at radius 3 is 2.80 bits per heavy atom. The van der Waals surface area contributed by atoms with Gasteiger partial charge >= 0.3 is 0 Å². The number of aromatic nitrogens is 2. The number of carbonyl (C=O) groups excluding carboxylic acids is 2. The van der Waals surface area contributed by atoms with Gasteiger partial charge in [-0.3, -0.25) is 14.7 Å². The van der Waals surface area contributed by atoms with Crippen molar-refractivity contribution in [2.45, 2.75) is 18.8 Å². The Kier molecular flexibility index (Phi) is 6.74. The molecule has 2 aromatic rings. The molecule has 0 spiro atoms. The highest BCUT2D eigenvalue weighted by Gasteiger charge is 2.31. The van der Waals surface area contributed by atoms with Crippen LogP contribution in [0.2, 0.25) is 0 Å². The van der Waals surface area contributed by atoms with Crippen molar-refractivity contribution in [2.75, 3.05) is 33.4 Å². The van der Waals surface area contributed by atoms with E-state index in [4.69, 9.17) is 10.00 Å². The number of nitriles is 1. The summed E-state index contributed by atoms with van der Waals surface area (Å²) >= 11 is 0. The minimum absolute atomic E-state index is 0.179. The van der Waals surface area contributed by atoms with Gasteiger partial charge in [0, 0.05) is 32.7 Å².